The van der Waals surface area contributed by atoms with E-state index in [4.69, 9.17) is 4.74 Å². The fourth-order valence-electron chi connectivity index (χ4n) is 1.87. The number of alkyl halides is 1. The molecule has 0 N–H and O–H groups in total. The lowest BCUT2D eigenvalue weighted by Gasteiger charge is -2.16. The number of amides is 1. The van der Waals surface area contributed by atoms with Gasteiger partial charge in [-0.15, -0.1) is 0 Å². The normalized spacial score (nSPS) is 20.2. The third kappa shape index (κ3) is 2.55. The second kappa shape index (κ2) is 4.87. The first-order valence-corrected chi connectivity index (χ1v) is 6.15. The van der Waals surface area contributed by atoms with Crippen molar-refractivity contribution in [1.29, 1.82) is 0 Å². The minimum absolute atomic E-state index is 0.213. The van der Waals surface area contributed by atoms with E-state index < -0.39 is 0 Å². The van der Waals surface area contributed by atoms with Crippen LogP contribution in [0.3, 0.4) is 0 Å². The maximum Gasteiger partial charge on any atom is 0.224 e. The Labute approximate surface area is 104 Å². The molecule has 1 amide bonds. The van der Waals surface area contributed by atoms with Crippen LogP contribution in [0.2, 0.25) is 0 Å². The molecule has 1 aromatic rings. The quantitative estimate of drug-likeness (QED) is 0.796. The second-order valence-corrected chi connectivity index (χ2v) is 5.22. The van der Waals surface area contributed by atoms with Gasteiger partial charge in [0.2, 0.25) is 5.91 Å². The predicted octanol–water partition coefficient (Wildman–Crippen LogP) is 2.19. The van der Waals surface area contributed by atoms with Crippen LogP contribution in [0.15, 0.2) is 24.3 Å². The molecule has 1 aromatic carbocycles. The van der Waals surface area contributed by atoms with E-state index in [1.165, 1.54) is 0 Å². The van der Waals surface area contributed by atoms with Crippen molar-refractivity contribution in [3.8, 4) is 5.75 Å². The van der Waals surface area contributed by atoms with Gasteiger partial charge < -0.3 is 9.64 Å². The van der Waals surface area contributed by atoms with Crippen molar-refractivity contribution in [3.05, 3.63) is 29.8 Å². The molecule has 2 rings (SSSR count). The Bertz CT molecular complexity index is 394. The van der Waals surface area contributed by atoms with E-state index >= 15 is 0 Å². The van der Waals surface area contributed by atoms with Gasteiger partial charge in [-0.3, -0.25) is 4.79 Å². The summed E-state index contributed by atoms with van der Waals surface area (Å²) in [4.78, 5) is 13.8. The number of hydrogen-bond donors (Lipinski definition) is 0. The van der Waals surface area contributed by atoms with Crippen LogP contribution >= 0.6 is 15.9 Å². The van der Waals surface area contributed by atoms with E-state index in [9.17, 15) is 4.79 Å². The number of methoxy groups -OCH3 is 1. The largest absolute Gasteiger partial charge is 0.497 e. The SMILES string of the molecule is COc1cccc(CN2CC(Br)CC2=O)c1. The number of carbonyl (C=O) groups is 1. The van der Waals surface area contributed by atoms with Gasteiger partial charge in [0.05, 0.1) is 7.11 Å². The number of likely N-dealkylation sites (tertiary alicyclic amines) is 1. The predicted molar refractivity (Wildman–Crippen MR) is 65.7 cm³/mol. The van der Waals surface area contributed by atoms with Crippen molar-refractivity contribution in [2.45, 2.75) is 17.8 Å². The number of rotatable bonds is 3. The van der Waals surface area contributed by atoms with E-state index in [1.807, 2.05) is 29.2 Å². The van der Waals surface area contributed by atoms with Crippen LogP contribution in [0.5, 0.6) is 5.75 Å². The molecular formula is C12H14BrNO2. The van der Waals surface area contributed by atoms with E-state index in [0.29, 0.717) is 17.8 Å². The molecule has 3 nitrogen and oxygen atoms in total. The fraction of sp³-hybridized carbons (Fsp3) is 0.417. The highest BCUT2D eigenvalue weighted by Crippen LogP contribution is 2.21. The Hall–Kier alpha value is -1.03. The minimum Gasteiger partial charge on any atom is -0.497 e. The number of carbonyl (C=O) groups excluding carboxylic acids is 1. The fourth-order valence-corrected chi connectivity index (χ4v) is 2.49. The van der Waals surface area contributed by atoms with Gasteiger partial charge >= 0.3 is 0 Å². The van der Waals surface area contributed by atoms with Crippen LogP contribution < -0.4 is 4.74 Å². The topological polar surface area (TPSA) is 29.5 Å². The highest BCUT2D eigenvalue weighted by atomic mass is 79.9. The average Bonchev–Trinajstić information content (AvgIpc) is 2.58. The zero-order valence-electron chi connectivity index (χ0n) is 9.15. The number of nitrogens with zero attached hydrogens (tertiary/aromatic N) is 1. The molecule has 1 aliphatic rings. The summed E-state index contributed by atoms with van der Waals surface area (Å²) in [5.41, 5.74) is 1.11. The summed E-state index contributed by atoms with van der Waals surface area (Å²) < 4.78 is 5.15. The maximum absolute atomic E-state index is 11.6. The van der Waals surface area contributed by atoms with Crippen molar-refractivity contribution >= 4 is 21.8 Å². The first kappa shape index (κ1) is 11.5. The van der Waals surface area contributed by atoms with Crippen LogP contribution in [0.25, 0.3) is 0 Å². The van der Waals surface area contributed by atoms with Crippen molar-refractivity contribution in [2.75, 3.05) is 13.7 Å². The smallest absolute Gasteiger partial charge is 0.224 e. The van der Waals surface area contributed by atoms with Crippen molar-refractivity contribution < 1.29 is 9.53 Å². The lowest BCUT2D eigenvalue weighted by molar-refractivity contribution is -0.128. The monoisotopic (exact) mass is 283 g/mol. The highest BCUT2D eigenvalue weighted by Gasteiger charge is 2.27. The summed E-state index contributed by atoms with van der Waals surface area (Å²) >= 11 is 3.47. The number of halogens is 1. The molecule has 0 aliphatic carbocycles. The van der Waals surface area contributed by atoms with Crippen LogP contribution in [-0.4, -0.2) is 29.3 Å². The summed E-state index contributed by atoms with van der Waals surface area (Å²) in [6.45, 7) is 1.45. The summed E-state index contributed by atoms with van der Waals surface area (Å²) in [6, 6.07) is 7.83. The van der Waals surface area contributed by atoms with E-state index in [2.05, 4.69) is 15.9 Å². The zero-order valence-corrected chi connectivity index (χ0v) is 10.7. The Morgan fingerprint density at radius 3 is 3.00 bits per heavy atom. The number of hydrogen-bond acceptors (Lipinski definition) is 2. The first-order chi connectivity index (χ1) is 7.69. The standard InChI is InChI=1S/C12H14BrNO2/c1-16-11-4-2-3-9(5-11)7-14-8-10(13)6-12(14)15/h2-5,10H,6-8H2,1H3. The van der Waals surface area contributed by atoms with Crippen molar-refractivity contribution in [3.63, 3.8) is 0 Å². The summed E-state index contributed by atoms with van der Waals surface area (Å²) in [6.07, 6.45) is 0.601. The molecule has 4 heteroatoms. The van der Waals surface area contributed by atoms with Gasteiger partial charge in [-0.2, -0.15) is 0 Å². The van der Waals surface area contributed by atoms with Crippen LogP contribution in [0.4, 0.5) is 0 Å². The van der Waals surface area contributed by atoms with Gasteiger partial charge in [-0.1, -0.05) is 28.1 Å². The molecule has 0 aromatic heterocycles. The van der Waals surface area contributed by atoms with Crippen LogP contribution in [0, 0.1) is 0 Å². The molecule has 0 radical (unpaired) electrons. The van der Waals surface area contributed by atoms with Gasteiger partial charge in [0.15, 0.2) is 0 Å². The first-order valence-electron chi connectivity index (χ1n) is 5.24. The third-order valence-corrected chi connectivity index (χ3v) is 3.29. The van der Waals surface area contributed by atoms with Gasteiger partial charge in [0, 0.05) is 24.3 Å². The van der Waals surface area contributed by atoms with Gasteiger partial charge in [-0.25, -0.2) is 0 Å². The third-order valence-electron chi connectivity index (χ3n) is 2.67. The Balaban J connectivity index is 2.06. The summed E-state index contributed by atoms with van der Waals surface area (Å²) in [7, 11) is 1.65. The molecule has 0 bridgehead atoms. The van der Waals surface area contributed by atoms with E-state index in [-0.39, 0.29) is 5.91 Å². The molecule has 0 spiro atoms. The second-order valence-electron chi connectivity index (χ2n) is 3.93. The van der Waals surface area contributed by atoms with Gasteiger partial charge in [0.25, 0.3) is 0 Å². The molecule has 1 unspecified atom stereocenters. The molecule has 1 aliphatic heterocycles. The molecule has 86 valence electrons. The molecule has 0 saturated carbocycles. The van der Waals surface area contributed by atoms with Crippen molar-refractivity contribution in [1.82, 2.24) is 4.90 Å². The molecule has 1 atom stereocenters. The van der Waals surface area contributed by atoms with Gasteiger partial charge in [0.1, 0.15) is 5.75 Å². The maximum atomic E-state index is 11.6. The van der Waals surface area contributed by atoms with Gasteiger partial charge in [-0.05, 0) is 17.7 Å². The minimum atomic E-state index is 0.213. The Kier molecular flexibility index (Phi) is 3.49. The summed E-state index contributed by atoms with van der Waals surface area (Å²) in [5.74, 6) is 1.05. The molecule has 1 fully saturated rings. The average molecular weight is 284 g/mol. The molecule has 16 heavy (non-hydrogen) atoms. The Morgan fingerprint density at radius 2 is 2.38 bits per heavy atom. The zero-order chi connectivity index (χ0) is 11.5. The number of ether oxygens (including phenoxy) is 1. The van der Waals surface area contributed by atoms with Crippen molar-refractivity contribution in [2.24, 2.45) is 0 Å². The molecule has 1 saturated heterocycles. The molecule has 1 heterocycles. The van der Waals surface area contributed by atoms with E-state index in [0.717, 1.165) is 17.9 Å². The number of benzene rings is 1. The molecular weight excluding hydrogens is 270 g/mol. The van der Waals surface area contributed by atoms with Crippen LogP contribution in [0.1, 0.15) is 12.0 Å². The summed E-state index contributed by atoms with van der Waals surface area (Å²) in [5, 5.41) is 0. The lowest BCUT2D eigenvalue weighted by Crippen LogP contribution is -2.24. The Morgan fingerprint density at radius 1 is 1.56 bits per heavy atom. The highest BCUT2D eigenvalue weighted by molar-refractivity contribution is 9.09. The van der Waals surface area contributed by atoms with Crippen LogP contribution in [-0.2, 0) is 11.3 Å². The lowest BCUT2D eigenvalue weighted by atomic mass is 10.2. The van der Waals surface area contributed by atoms with E-state index in [1.54, 1.807) is 7.11 Å².